The lowest BCUT2D eigenvalue weighted by Gasteiger charge is -2.24. The van der Waals surface area contributed by atoms with E-state index >= 15 is 0 Å². The van der Waals surface area contributed by atoms with Gasteiger partial charge in [-0.2, -0.15) is 5.10 Å². The lowest BCUT2D eigenvalue weighted by atomic mass is 10.0. The van der Waals surface area contributed by atoms with Crippen molar-refractivity contribution in [3.8, 4) is 11.3 Å². The number of benzene rings is 2. The third kappa shape index (κ3) is 2.73. The Balaban J connectivity index is 1.67. The summed E-state index contributed by atoms with van der Waals surface area (Å²) in [6.45, 7) is 4.74. The standard InChI is InChI=1S/C20H21N3/c1-15(23-12-4-5-13-23)16-8-10-17(11-9-16)20-19-7-3-2-6-18(19)14-21-22-20/h2-3,6-11,14-15H,4-5,12-13H2,1H3/t15-/m0/s1. The summed E-state index contributed by atoms with van der Waals surface area (Å²) >= 11 is 0. The highest BCUT2D eigenvalue weighted by Gasteiger charge is 2.19. The van der Waals surface area contributed by atoms with Crippen LogP contribution < -0.4 is 0 Å². The monoisotopic (exact) mass is 303 g/mol. The second kappa shape index (κ2) is 6.09. The molecule has 0 saturated carbocycles. The minimum atomic E-state index is 0.491. The molecule has 2 aromatic carbocycles. The summed E-state index contributed by atoms with van der Waals surface area (Å²) in [7, 11) is 0. The van der Waals surface area contributed by atoms with Crippen LogP contribution in [0.5, 0.6) is 0 Å². The van der Waals surface area contributed by atoms with Crippen molar-refractivity contribution >= 4 is 10.8 Å². The molecule has 0 unspecified atom stereocenters. The summed E-state index contributed by atoms with van der Waals surface area (Å²) in [6.07, 6.45) is 4.48. The molecule has 0 N–H and O–H groups in total. The second-order valence-corrected chi connectivity index (χ2v) is 6.32. The van der Waals surface area contributed by atoms with E-state index in [9.17, 15) is 0 Å². The van der Waals surface area contributed by atoms with Crippen LogP contribution in [0.4, 0.5) is 0 Å². The molecule has 0 bridgehead atoms. The Morgan fingerprint density at radius 3 is 2.48 bits per heavy atom. The fraction of sp³-hybridized carbons (Fsp3) is 0.300. The van der Waals surface area contributed by atoms with E-state index in [-0.39, 0.29) is 0 Å². The van der Waals surface area contributed by atoms with E-state index in [1.807, 2.05) is 12.3 Å². The normalized spacial score (nSPS) is 16.7. The molecule has 23 heavy (non-hydrogen) atoms. The minimum absolute atomic E-state index is 0.491. The first kappa shape index (κ1) is 14.3. The van der Waals surface area contributed by atoms with Crippen molar-refractivity contribution in [2.75, 3.05) is 13.1 Å². The Morgan fingerprint density at radius 1 is 0.957 bits per heavy atom. The molecular weight excluding hydrogens is 282 g/mol. The summed E-state index contributed by atoms with van der Waals surface area (Å²) in [4.78, 5) is 2.56. The lowest BCUT2D eigenvalue weighted by Crippen LogP contribution is -2.23. The highest BCUT2D eigenvalue weighted by atomic mass is 15.2. The molecule has 0 spiro atoms. The van der Waals surface area contributed by atoms with E-state index in [2.05, 4.69) is 64.5 Å². The largest absolute Gasteiger partial charge is 0.297 e. The zero-order chi connectivity index (χ0) is 15.6. The first-order valence-corrected chi connectivity index (χ1v) is 8.38. The summed E-state index contributed by atoms with van der Waals surface area (Å²) in [5, 5.41) is 10.8. The SMILES string of the molecule is C[C@@H](c1ccc(-c2nncc3ccccc23)cc1)N1CCCC1. The van der Waals surface area contributed by atoms with Gasteiger partial charge in [0.15, 0.2) is 0 Å². The topological polar surface area (TPSA) is 29.0 Å². The van der Waals surface area contributed by atoms with Gasteiger partial charge in [-0.25, -0.2) is 0 Å². The van der Waals surface area contributed by atoms with Gasteiger partial charge in [-0.3, -0.25) is 4.90 Å². The first-order valence-electron chi connectivity index (χ1n) is 8.38. The Kier molecular flexibility index (Phi) is 3.80. The van der Waals surface area contributed by atoms with E-state index in [1.54, 1.807) is 0 Å². The summed E-state index contributed by atoms with van der Waals surface area (Å²) in [5.74, 6) is 0. The van der Waals surface area contributed by atoms with Crippen LogP contribution in [-0.2, 0) is 0 Å². The van der Waals surface area contributed by atoms with Gasteiger partial charge in [-0.05, 0) is 38.4 Å². The molecule has 1 saturated heterocycles. The highest BCUT2D eigenvalue weighted by Crippen LogP contribution is 2.29. The third-order valence-corrected chi connectivity index (χ3v) is 4.93. The number of nitrogens with zero attached hydrogens (tertiary/aromatic N) is 3. The van der Waals surface area contributed by atoms with Gasteiger partial charge in [0.05, 0.1) is 6.20 Å². The average molecular weight is 303 g/mol. The molecule has 116 valence electrons. The number of rotatable bonds is 3. The number of hydrogen-bond donors (Lipinski definition) is 0. The molecule has 3 aromatic rings. The van der Waals surface area contributed by atoms with Gasteiger partial charge in [0, 0.05) is 22.4 Å². The fourth-order valence-electron chi connectivity index (χ4n) is 3.50. The zero-order valence-corrected chi connectivity index (χ0v) is 13.4. The molecule has 1 aromatic heterocycles. The third-order valence-electron chi connectivity index (χ3n) is 4.93. The Labute approximate surface area is 137 Å². The van der Waals surface area contributed by atoms with Gasteiger partial charge in [0.2, 0.25) is 0 Å². The Bertz CT molecular complexity index is 799. The average Bonchev–Trinajstić information content (AvgIpc) is 3.15. The summed E-state index contributed by atoms with van der Waals surface area (Å²) < 4.78 is 0. The van der Waals surface area contributed by atoms with E-state index in [0.29, 0.717) is 6.04 Å². The van der Waals surface area contributed by atoms with Crippen LogP contribution in [-0.4, -0.2) is 28.2 Å². The zero-order valence-electron chi connectivity index (χ0n) is 13.4. The quantitative estimate of drug-likeness (QED) is 0.715. The smallest absolute Gasteiger partial charge is 0.101 e. The van der Waals surface area contributed by atoms with Crippen LogP contribution in [0.1, 0.15) is 31.4 Å². The predicted molar refractivity (Wildman–Crippen MR) is 94.2 cm³/mol. The van der Waals surface area contributed by atoms with Gasteiger partial charge < -0.3 is 0 Å². The van der Waals surface area contributed by atoms with Crippen molar-refractivity contribution in [3.63, 3.8) is 0 Å². The van der Waals surface area contributed by atoms with Crippen LogP contribution in [0.2, 0.25) is 0 Å². The molecule has 1 aliphatic heterocycles. The van der Waals surface area contributed by atoms with E-state index in [0.717, 1.165) is 22.0 Å². The highest BCUT2D eigenvalue weighted by molar-refractivity contribution is 5.93. The molecule has 3 heteroatoms. The van der Waals surface area contributed by atoms with E-state index in [1.165, 1.54) is 31.5 Å². The molecule has 4 rings (SSSR count). The van der Waals surface area contributed by atoms with E-state index < -0.39 is 0 Å². The van der Waals surface area contributed by atoms with Crippen molar-refractivity contribution in [2.24, 2.45) is 0 Å². The van der Waals surface area contributed by atoms with Crippen LogP contribution in [0.25, 0.3) is 22.0 Å². The van der Waals surface area contributed by atoms with Gasteiger partial charge in [0.25, 0.3) is 0 Å². The van der Waals surface area contributed by atoms with Crippen molar-refractivity contribution in [3.05, 3.63) is 60.3 Å². The number of aromatic nitrogens is 2. The van der Waals surface area contributed by atoms with E-state index in [4.69, 9.17) is 0 Å². The van der Waals surface area contributed by atoms with Crippen LogP contribution in [0, 0.1) is 0 Å². The number of hydrogen-bond acceptors (Lipinski definition) is 3. The van der Waals surface area contributed by atoms with Gasteiger partial charge in [0.1, 0.15) is 5.69 Å². The maximum Gasteiger partial charge on any atom is 0.101 e. The molecule has 0 aliphatic carbocycles. The molecule has 0 radical (unpaired) electrons. The van der Waals surface area contributed by atoms with Crippen LogP contribution in [0.3, 0.4) is 0 Å². The second-order valence-electron chi connectivity index (χ2n) is 6.32. The first-order chi connectivity index (χ1) is 11.3. The Morgan fingerprint density at radius 2 is 1.70 bits per heavy atom. The van der Waals surface area contributed by atoms with Crippen molar-refractivity contribution in [2.45, 2.75) is 25.8 Å². The summed E-state index contributed by atoms with van der Waals surface area (Å²) in [6, 6.07) is 17.6. The Hall–Kier alpha value is -2.26. The van der Waals surface area contributed by atoms with Crippen molar-refractivity contribution in [1.29, 1.82) is 0 Å². The molecule has 2 heterocycles. The maximum atomic E-state index is 4.37. The fourth-order valence-corrected chi connectivity index (χ4v) is 3.50. The maximum absolute atomic E-state index is 4.37. The van der Waals surface area contributed by atoms with Crippen LogP contribution in [0.15, 0.2) is 54.7 Å². The summed E-state index contributed by atoms with van der Waals surface area (Å²) in [5.41, 5.74) is 3.47. The predicted octanol–water partition coefficient (Wildman–Crippen LogP) is 4.45. The molecular formula is C20H21N3. The van der Waals surface area contributed by atoms with Gasteiger partial charge >= 0.3 is 0 Å². The molecule has 1 atom stereocenters. The van der Waals surface area contributed by atoms with Crippen molar-refractivity contribution in [1.82, 2.24) is 15.1 Å². The number of likely N-dealkylation sites (tertiary alicyclic amines) is 1. The lowest BCUT2D eigenvalue weighted by molar-refractivity contribution is 0.263. The molecule has 3 nitrogen and oxygen atoms in total. The van der Waals surface area contributed by atoms with Crippen molar-refractivity contribution < 1.29 is 0 Å². The van der Waals surface area contributed by atoms with Gasteiger partial charge in [-0.15, -0.1) is 5.10 Å². The molecule has 0 amide bonds. The minimum Gasteiger partial charge on any atom is -0.297 e. The number of fused-ring (bicyclic) bond motifs is 1. The molecule has 1 aliphatic rings. The van der Waals surface area contributed by atoms with Crippen LogP contribution >= 0.6 is 0 Å². The molecule has 1 fully saturated rings. The van der Waals surface area contributed by atoms with Gasteiger partial charge in [-0.1, -0.05) is 48.5 Å².